The average molecular weight is 346 g/mol. The van der Waals surface area contributed by atoms with Crippen LogP contribution in [0.2, 0.25) is 0 Å². The molecule has 3 aromatic heterocycles. The Kier molecular flexibility index (Phi) is 3.01. The number of benzene rings is 2. The van der Waals surface area contributed by atoms with Gasteiger partial charge in [0.05, 0.1) is 20.4 Å². The van der Waals surface area contributed by atoms with Crippen LogP contribution < -0.4 is 5.73 Å². The molecule has 24 heavy (non-hydrogen) atoms. The lowest BCUT2D eigenvalue weighted by atomic mass is 10.1. The van der Waals surface area contributed by atoms with Crippen molar-refractivity contribution in [3.63, 3.8) is 0 Å². The predicted molar refractivity (Wildman–Crippen MR) is 106 cm³/mol. The van der Waals surface area contributed by atoms with Crippen molar-refractivity contribution < 1.29 is 0 Å². The van der Waals surface area contributed by atoms with Gasteiger partial charge in [-0.15, -0.1) is 22.7 Å². The molecule has 0 aliphatic heterocycles. The topological polar surface area (TPSA) is 30.9 Å². The fourth-order valence-electron chi connectivity index (χ4n) is 3.18. The lowest BCUT2D eigenvalue weighted by Crippen LogP contribution is -1.92. The second kappa shape index (κ2) is 5.23. The zero-order chi connectivity index (χ0) is 16.1. The van der Waals surface area contributed by atoms with Gasteiger partial charge in [-0.1, -0.05) is 24.3 Å². The van der Waals surface area contributed by atoms with Gasteiger partial charge in [0.15, 0.2) is 0 Å². The predicted octanol–water partition coefficient (Wildman–Crippen LogP) is 6.16. The first-order valence-corrected chi connectivity index (χ1v) is 9.49. The number of thiophene rings is 2. The van der Waals surface area contributed by atoms with Crippen LogP contribution in [0.1, 0.15) is 0 Å². The maximum atomic E-state index is 5.78. The first-order chi connectivity index (χ1) is 11.8. The SMILES string of the molecule is Nc1ccc(-c2ccc(-n3c4ccsc4c4sccc43)cc2)cc1. The Hall–Kier alpha value is -2.56. The molecule has 0 radical (unpaired) electrons. The molecular weight excluding hydrogens is 332 g/mol. The molecule has 0 fully saturated rings. The largest absolute Gasteiger partial charge is 0.399 e. The minimum atomic E-state index is 0.794. The van der Waals surface area contributed by atoms with Gasteiger partial charge in [0.1, 0.15) is 0 Å². The summed E-state index contributed by atoms with van der Waals surface area (Å²) in [6.07, 6.45) is 0. The van der Waals surface area contributed by atoms with Crippen LogP contribution in [0.15, 0.2) is 71.4 Å². The molecule has 3 heterocycles. The van der Waals surface area contributed by atoms with Gasteiger partial charge in [0, 0.05) is 11.4 Å². The lowest BCUT2D eigenvalue weighted by molar-refractivity contribution is 1.19. The van der Waals surface area contributed by atoms with Crippen LogP contribution in [0.3, 0.4) is 0 Å². The Labute approximate surface area is 147 Å². The number of nitrogens with zero attached hydrogens (tertiary/aromatic N) is 1. The zero-order valence-corrected chi connectivity index (χ0v) is 14.4. The third-order valence-electron chi connectivity index (χ3n) is 4.35. The van der Waals surface area contributed by atoms with Gasteiger partial charge in [-0.2, -0.15) is 0 Å². The highest BCUT2D eigenvalue weighted by molar-refractivity contribution is 7.25. The molecule has 2 aromatic carbocycles. The van der Waals surface area contributed by atoms with Crippen LogP contribution in [0.25, 0.3) is 37.2 Å². The molecular formula is C20H14N2S2. The Morgan fingerprint density at radius 1 is 0.625 bits per heavy atom. The summed E-state index contributed by atoms with van der Waals surface area (Å²) in [4.78, 5) is 0. The number of fused-ring (bicyclic) bond motifs is 3. The van der Waals surface area contributed by atoms with Crippen molar-refractivity contribution in [3.8, 4) is 16.8 Å². The first-order valence-electron chi connectivity index (χ1n) is 7.73. The molecule has 2 N–H and O–H groups in total. The highest BCUT2D eigenvalue weighted by Crippen LogP contribution is 2.38. The molecule has 0 aliphatic rings. The zero-order valence-electron chi connectivity index (χ0n) is 12.8. The fraction of sp³-hybridized carbons (Fsp3) is 0. The lowest BCUT2D eigenvalue weighted by Gasteiger charge is -2.08. The summed E-state index contributed by atoms with van der Waals surface area (Å²) in [5, 5.41) is 4.34. The van der Waals surface area contributed by atoms with Crippen LogP contribution >= 0.6 is 22.7 Å². The third-order valence-corrected chi connectivity index (χ3v) is 6.32. The van der Waals surface area contributed by atoms with Gasteiger partial charge in [-0.05, 0) is 58.3 Å². The fourth-order valence-corrected chi connectivity index (χ4v) is 5.12. The van der Waals surface area contributed by atoms with E-state index in [9.17, 15) is 0 Å². The smallest absolute Gasteiger partial charge is 0.0704 e. The van der Waals surface area contributed by atoms with Crippen molar-refractivity contribution in [2.75, 3.05) is 5.73 Å². The van der Waals surface area contributed by atoms with Crippen LogP contribution in [-0.4, -0.2) is 4.57 Å². The molecule has 0 bridgehead atoms. The van der Waals surface area contributed by atoms with Crippen molar-refractivity contribution in [1.82, 2.24) is 4.57 Å². The van der Waals surface area contributed by atoms with E-state index in [0.717, 1.165) is 5.69 Å². The normalized spacial score (nSPS) is 11.5. The van der Waals surface area contributed by atoms with Crippen molar-refractivity contribution in [2.24, 2.45) is 0 Å². The van der Waals surface area contributed by atoms with E-state index in [1.807, 2.05) is 34.8 Å². The molecule has 0 atom stereocenters. The van der Waals surface area contributed by atoms with E-state index in [1.165, 1.54) is 37.2 Å². The molecule has 0 aliphatic carbocycles. The number of rotatable bonds is 2. The van der Waals surface area contributed by atoms with Gasteiger partial charge in [-0.25, -0.2) is 0 Å². The Bertz CT molecular complexity index is 1090. The summed E-state index contributed by atoms with van der Waals surface area (Å²) in [6, 6.07) is 21.2. The number of nitrogen functional groups attached to an aromatic ring is 1. The van der Waals surface area contributed by atoms with Gasteiger partial charge < -0.3 is 10.3 Å². The van der Waals surface area contributed by atoms with Gasteiger partial charge in [0.2, 0.25) is 0 Å². The van der Waals surface area contributed by atoms with E-state index >= 15 is 0 Å². The molecule has 5 aromatic rings. The summed E-state index contributed by atoms with van der Waals surface area (Å²) >= 11 is 3.63. The first kappa shape index (κ1) is 13.8. The molecule has 0 spiro atoms. The van der Waals surface area contributed by atoms with E-state index in [4.69, 9.17) is 5.73 Å². The third kappa shape index (κ3) is 2.00. The van der Waals surface area contributed by atoms with Crippen molar-refractivity contribution >= 4 is 48.8 Å². The van der Waals surface area contributed by atoms with Crippen LogP contribution in [0, 0.1) is 0 Å². The monoisotopic (exact) mass is 346 g/mol. The van der Waals surface area contributed by atoms with E-state index in [1.54, 1.807) is 0 Å². The van der Waals surface area contributed by atoms with E-state index < -0.39 is 0 Å². The van der Waals surface area contributed by atoms with Crippen molar-refractivity contribution in [3.05, 3.63) is 71.4 Å². The average Bonchev–Trinajstić information content (AvgIpc) is 3.29. The molecule has 116 valence electrons. The van der Waals surface area contributed by atoms with Gasteiger partial charge >= 0.3 is 0 Å². The van der Waals surface area contributed by atoms with E-state index in [-0.39, 0.29) is 0 Å². The summed E-state index contributed by atoms with van der Waals surface area (Å²) in [5.41, 5.74) is 12.7. The highest BCUT2D eigenvalue weighted by atomic mass is 32.1. The quantitative estimate of drug-likeness (QED) is 0.381. The van der Waals surface area contributed by atoms with Gasteiger partial charge in [-0.3, -0.25) is 0 Å². The maximum Gasteiger partial charge on any atom is 0.0704 e. The molecule has 2 nitrogen and oxygen atoms in total. The summed E-state index contributed by atoms with van der Waals surface area (Å²) in [6.45, 7) is 0. The summed E-state index contributed by atoms with van der Waals surface area (Å²) < 4.78 is 5.11. The van der Waals surface area contributed by atoms with Crippen molar-refractivity contribution in [2.45, 2.75) is 0 Å². The second-order valence-corrected chi connectivity index (χ2v) is 7.61. The second-order valence-electron chi connectivity index (χ2n) is 5.77. The number of nitrogens with two attached hydrogens (primary N) is 1. The Morgan fingerprint density at radius 2 is 1.12 bits per heavy atom. The molecule has 0 amide bonds. The Morgan fingerprint density at radius 3 is 1.67 bits per heavy atom. The minimum Gasteiger partial charge on any atom is -0.399 e. The molecule has 0 saturated heterocycles. The molecule has 5 rings (SSSR count). The number of hydrogen-bond donors (Lipinski definition) is 1. The van der Waals surface area contributed by atoms with E-state index in [0.29, 0.717) is 0 Å². The van der Waals surface area contributed by atoms with E-state index in [2.05, 4.69) is 63.9 Å². The van der Waals surface area contributed by atoms with Crippen LogP contribution in [-0.2, 0) is 0 Å². The summed E-state index contributed by atoms with van der Waals surface area (Å²) in [7, 11) is 0. The van der Waals surface area contributed by atoms with Gasteiger partial charge in [0.25, 0.3) is 0 Å². The number of anilines is 1. The number of aromatic nitrogens is 1. The molecule has 0 saturated carbocycles. The van der Waals surface area contributed by atoms with Crippen molar-refractivity contribution in [1.29, 1.82) is 0 Å². The Balaban J connectivity index is 1.65. The standard InChI is InChI=1S/C20H14N2S2/c21-15-5-1-13(2-6-15)14-3-7-16(8-4-14)22-17-9-11-23-19(17)20-18(22)10-12-24-20/h1-12H,21H2. The van der Waals surface area contributed by atoms with Crippen LogP contribution in [0.4, 0.5) is 5.69 Å². The number of hydrogen-bond acceptors (Lipinski definition) is 3. The minimum absolute atomic E-state index is 0.794. The molecule has 4 heteroatoms. The summed E-state index contributed by atoms with van der Waals surface area (Å²) in [5.74, 6) is 0. The maximum absolute atomic E-state index is 5.78. The highest BCUT2D eigenvalue weighted by Gasteiger charge is 2.14. The van der Waals surface area contributed by atoms with Crippen LogP contribution in [0.5, 0.6) is 0 Å². The molecule has 0 unspecified atom stereocenters.